The van der Waals surface area contributed by atoms with E-state index >= 15 is 0 Å². The number of nitro groups is 1. The molecule has 0 atom stereocenters. The average Bonchev–Trinajstić information content (AvgIpc) is 3.55. The van der Waals surface area contributed by atoms with Crippen LogP contribution in [0.15, 0.2) is 89.7 Å². The topological polar surface area (TPSA) is 170 Å². The molecule has 0 aliphatic carbocycles. The molecule has 3 heterocycles. The lowest BCUT2D eigenvalue weighted by Crippen LogP contribution is -2.03. The summed E-state index contributed by atoms with van der Waals surface area (Å²) in [5, 5.41) is 30.9. The van der Waals surface area contributed by atoms with Crippen LogP contribution in [-0.2, 0) is 0 Å². The summed E-state index contributed by atoms with van der Waals surface area (Å²) >= 11 is 0. The van der Waals surface area contributed by atoms with Crippen molar-refractivity contribution in [1.82, 2.24) is 30.4 Å². The Morgan fingerprint density at radius 3 is 2.47 bits per heavy atom. The van der Waals surface area contributed by atoms with Gasteiger partial charge in [0.25, 0.3) is 11.2 Å². The standard InChI is InChI=1S/C26H19N9O3/c36-25-19-10-9-17(12-22(19)32-34-25)27-26-28-20(16-7-4-8-18(11-16)35(37)38)13-23(30-26)29-24-14-21(31-33-24)15-5-2-1-3-6-15/h1-14H,(H2,32,34,36)(H3,27,28,29,30,31,33). The van der Waals surface area contributed by atoms with Gasteiger partial charge in [-0.25, -0.2) is 4.98 Å². The number of non-ortho nitro benzene ring substituents is 1. The van der Waals surface area contributed by atoms with E-state index in [-0.39, 0.29) is 17.2 Å². The number of aromatic amines is 3. The summed E-state index contributed by atoms with van der Waals surface area (Å²) in [6.45, 7) is 0. The monoisotopic (exact) mass is 505 g/mol. The van der Waals surface area contributed by atoms with Gasteiger partial charge in [0.2, 0.25) is 5.95 Å². The van der Waals surface area contributed by atoms with E-state index < -0.39 is 4.92 Å². The van der Waals surface area contributed by atoms with Crippen LogP contribution in [0.5, 0.6) is 0 Å². The van der Waals surface area contributed by atoms with Crippen molar-refractivity contribution in [3.8, 4) is 22.5 Å². The molecule has 6 rings (SSSR count). The molecule has 38 heavy (non-hydrogen) atoms. The minimum absolute atomic E-state index is 0.0493. The molecular formula is C26H19N9O3. The van der Waals surface area contributed by atoms with E-state index in [1.54, 1.807) is 36.4 Å². The molecule has 186 valence electrons. The van der Waals surface area contributed by atoms with Gasteiger partial charge < -0.3 is 10.6 Å². The molecule has 0 aliphatic rings. The summed E-state index contributed by atoms with van der Waals surface area (Å²) in [6.07, 6.45) is 0. The molecule has 12 nitrogen and oxygen atoms in total. The van der Waals surface area contributed by atoms with Crippen LogP contribution >= 0.6 is 0 Å². The fourth-order valence-electron chi connectivity index (χ4n) is 4.02. The Kier molecular flexibility index (Phi) is 5.58. The van der Waals surface area contributed by atoms with Crippen LogP contribution in [0, 0.1) is 10.1 Å². The minimum atomic E-state index is -0.454. The average molecular weight is 505 g/mol. The quantitative estimate of drug-likeness (QED) is 0.147. The minimum Gasteiger partial charge on any atom is -0.324 e. The van der Waals surface area contributed by atoms with Gasteiger partial charge in [-0.2, -0.15) is 10.1 Å². The Hall–Kier alpha value is -5.78. The lowest BCUT2D eigenvalue weighted by Gasteiger charge is -2.11. The molecule has 0 fully saturated rings. The zero-order valence-corrected chi connectivity index (χ0v) is 19.6. The van der Waals surface area contributed by atoms with Gasteiger partial charge in [-0.15, -0.1) is 0 Å². The van der Waals surface area contributed by atoms with Gasteiger partial charge in [-0.3, -0.25) is 30.2 Å². The van der Waals surface area contributed by atoms with E-state index in [0.717, 1.165) is 11.3 Å². The maximum Gasteiger partial charge on any atom is 0.271 e. The SMILES string of the molecule is O=c1[nH][nH]c2cc(Nc3nc(Nc4cc(-c5ccccc5)[nH]n4)cc(-c4cccc([N+](=O)[O-])c4)n3)ccc12. The number of anilines is 4. The highest BCUT2D eigenvalue weighted by Crippen LogP contribution is 2.28. The van der Waals surface area contributed by atoms with Crippen molar-refractivity contribution < 1.29 is 4.92 Å². The van der Waals surface area contributed by atoms with Crippen molar-refractivity contribution in [3.63, 3.8) is 0 Å². The Balaban J connectivity index is 1.37. The number of hydrogen-bond acceptors (Lipinski definition) is 8. The molecule has 5 N–H and O–H groups in total. The van der Waals surface area contributed by atoms with Crippen molar-refractivity contribution >= 4 is 39.9 Å². The lowest BCUT2D eigenvalue weighted by molar-refractivity contribution is -0.384. The number of nitrogens with zero attached hydrogens (tertiary/aromatic N) is 4. The number of rotatable bonds is 7. The predicted octanol–water partition coefficient (Wildman–Crippen LogP) is 5.10. The van der Waals surface area contributed by atoms with E-state index in [1.165, 1.54) is 12.1 Å². The fraction of sp³-hybridized carbons (Fsp3) is 0. The van der Waals surface area contributed by atoms with Crippen LogP contribution in [-0.4, -0.2) is 35.3 Å². The molecule has 0 amide bonds. The molecule has 3 aromatic heterocycles. The van der Waals surface area contributed by atoms with Crippen LogP contribution < -0.4 is 16.2 Å². The molecule has 12 heteroatoms. The summed E-state index contributed by atoms with van der Waals surface area (Å²) in [6, 6.07) is 24.7. The van der Waals surface area contributed by atoms with Crippen LogP contribution in [0.2, 0.25) is 0 Å². The van der Waals surface area contributed by atoms with Gasteiger partial charge in [0, 0.05) is 35.5 Å². The van der Waals surface area contributed by atoms with E-state index in [0.29, 0.717) is 39.5 Å². The summed E-state index contributed by atoms with van der Waals surface area (Å²) in [5.74, 6) is 1.20. The summed E-state index contributed by atoms with van der Waals surface area (Å²) < 4.78 is 0. The first kappa shape index (κ1) is 22.7. The molecular weight excluding hydrogens is 486 g/mol. The van der Waals surface area contributed by atoms with Gasteiger partial charge in [-0.05, 0) is 23.8 Å². The normalized spacial score (nSPS) is 10.9. The summed E-state index contributed by atoms with van der Waals surface area (Å²) in [7, 11) is 0. The lowest BCUT2D eigenvalue weighted by atomic mass is 10.1. The first-order valence-electron chi connectivity index (χ1n) is 11.5. The molecule has 0 unspecified atom stereocenters. The third kappa shape index (κ3) is 4.56. The van der Waals surface area contributed by atoms with E-state index in [4.69, 9.17) is 0 Å². The predicted molar refractivity (Wildman–Crippen MR) is 144 cm³/mol. The van der Waals surface area contributed by atoms with E-state index in [1.807, 2.05) is 36.4 Å². The second-order valence-corrected chi connectivity index (χ2v) is 8.39. The van der Waals surface area contributed by atoms with Crippen molar-refractivity contribution in [2.45, 2.75) is 0 Å². The maximum atomic E-state index is 11.8. The number of aromatic nitrogens is 6. The van der Waals surface area contributed by atoms with Crippen LogP contribution in [0.4, 0.5) is 29.0 Å². The highest BCUT2D eigenvalue weighted by molar-refractivity contribution is 5.82. The molecule has 3 aromatic carbocycles. The number of nitro benzene ring substituents is 1. The Morgan fingerprint density at radius 2 is 1.63 bits per heavy atom. The van der Waals surface area contributed by atoms with Gasteiger partial charge in [-0.1, -0.05) is 42.5 Å². The van der Waals surface area contributed by atoms with Gasteiger partial charge in [0.05, 0.1) is 27.2 Å². The highest BCUT2D eigenvalue weighted by atomic mass is 16.6. The van der Waals surface area contributed by atoms with Crippen molar-refractivity contribution in [3.05, 3.63) is 105 Å². The third-order valence-corrected chi connectivity index (χ3v) is 5.83. The smallest absolute Gasteiger partial charge is 0.271 e. The number of fused-ring (bicyclic) bond motifs is 1. The van der Waals surface area contributed by atoms with Crippen molar-refractivity contribution in [2.24, 2.45) is 0 Å². The van der Waals surface area contributed by atoms with Crippen LogP contribution in [0.3, 0.4) is 0 Å². The Bertz CT molecular complexity index is 1840. The van der Waals surface area contributed by atoms with Gasteiger partial charge in [0.1, 0.15) is 5.82 Å². The second kappa shape index (κ2) is 9.35. The fourth-order valence-corrected chi connectivity index (χ4v) is 4.02. The molecule has 0 aliphatic heterocycles. The molecule has 0 radical (unpaired) electrons. The number of benzene rings is 3. The zero-order valence-electron chi connectivity index (χ0n) is 19.6. The summed E-state index contributed by atoms with van der Waals surface area (Å²) in [4.78, 5) is 31.9. The number of hydrogen-bond donors (Lipinski definition) is 5. The van der Waals surface area contributed by atoms with Crippen molar-refractivity contribution in [1.29, 1.82) is 0 Å². The Labute approximate surface area is 213 Å². The van der Waals surface area contributed by atoms with E-state index in [9.17, 15) is 14.9 Å². The Morgan fingerprint density at radius 1 is 0.789 bits per heavy atom. The first-order chi connectivity index (χ1) is 18.5. The highest BCUT2D eigenvalue weighted by Gasteiger charge is 2.13. The molecule has 6 aromatic rings. The number of nitrogens with one attached hydrogen (secondary N) is 5. The molecule has 0 saturated heterocycles. The number of H-pyrrole nitrogens is 3. The second-order valence-electron chi connectivity index (χ2n) is 8.39. The van der Waals surface area contributed by atoms with Crippen LogP contribution in [0.25, 0.3) is 33.4 Å². The largest absolute Gasteiger partial charge is 0.324 e. The maximum absolute atomic E-state index is 11.8. The zero-order chi connectivity index (χ0) is 26.1. The van der Waals surface area contributed by atoms with E-state index in [2.05, 4.69) is 41.0 Å². The first-order valence-corrected chi connectivity index (χ1v) is 11.5. The molecule has 0 bridgehead atoms. The van der Waals surface area contributed by atoms with Gasteiger partial charge >= 0.3 is 0 Å². The van der Waals surface area contributed by atoms with Gasteiger partial charge in [0.15, 0.2) is 5.82 Å². The molecule has 0 spiro atoms. The van der Waals surface area contributed by atoms with Crippen molar-refractivity contribution in [2.75, 3.05) is 10.6 Å². The van der Waals surface area contributed by atoms with Crippen LogP contribution in [0.1, 0.15) is 0 Å². The third-order valence-electron chi connectivity index (χ3n) is 5.83. The molecule has 0 saturated carbocycles. The summed E-state index contributed by atoms with van der Waals surface area (Å²) in [5.41, 5.74) is 3.82.